The Morgan fingerprint density at radius 1 is 1.04 bits per heavy atom. The van der Waals surface area contributed by atoms with E-state index in [0.29, 0.717) is 22.6 Å². The maximum absolute atomic E-state index is 12.3. The fraction of sp³-hybridized carbons (Fsp3) is 0.158. The van der Waals surface area contributed by atoms with E-state index in [1.165, 1.54) is 7.11 Å². The van der Waals surface area contributed by atoms with Crippen molar-refractivity contribution in [2.24, 2.45) is 0 Å². The number of hydrogen-bond acceptors (Lipinski definition) is 5. The van der Waals surface area contributed by atoms with Crippen molar-refractivity contribution in [3.8, 4) is 5.82 Å². The maximum atomic E-state index is 12.3. The molecule has 0 aliphatic carbocycles. The van der Waals surface area contributed by atoms with E-state index in [2.05, 4.69) is 20.1 Å². The Hall–Kier alpha value is -3.48. The number of pyridine rings is 1. The number of benzene rings is 1. The lowest BCUT2D eigenvalue weighted by Crippen LogP contribution is -2.13. The van der Waals surface area contributed by atoms with Crippen molar-refractivity contribution in [1.82, 2.24) is 14.8 Å². The van der Waals surface area contributed by atoms with Gasteiger partial charge in [-0.2, -0.15) is 5.10 Å². The fourth-order valence-electron chi connectivity index (χ4n) is 2.52. The quantitative estimate of drug-likeness (QED) is 0.731. The number of amides is 1. The van der Waals surface area contributed by atoms with Gasteiger partial charge in [0.2, 0.25) is 0 Å². The second kappa shape index (κ2) is 7.18. The Bertz CT molecular complexity index is 944. The van der Waals surface area contributed by atoms with E-state index < -0.39 is 5.97 Å². The molecule has 1 aromatic carbocycles. The zero-order valence-corrected chi connectivity index (χ0v) is 14.7. The molecule has 0 saturated heterocycles. The number of nitrogens with one attached hydrogen (secondary N) is 1. The van der Waals surface area contributed by atoms with Crippen LogP contribution in [0, 0.1) is 13.8 Å². The fourth-order valence-corrected chi connectivity index (χ4v) is 2.52. The molecule has 7 heteroatoms. The van der Waals surface area contributed by atoms with Gasteiger partial charge in [-0.15, -0.1) is 0 Å². The molecule has 0 spiro atoms. The van der Waals surface area contributed by atoms with Crippen molar-refractivity contribution in [3.63, 3.8) is 0 Å². The molecule has 1 amide bonds. The van der Waals surface area contributed by atoms with Crippen LogP contribution in [0.1, 0.15) is 32.1 Å². The zero-order chi connectivity index (χ0) is 18.7. The van der Waals surface area contributed by atoms with E-state index in [4.69, 9.17) is 0 Å². The minimum absolute atomic E-state index is 0.290. The van der Waals surface area contributed by atoms with Crippen LogP contribution in [0.2, 0.25) is 0 Å². The van der Waals surface area contributed by atoms with Crippen LogP contribution in [0.25, 0.3) is 5.82 Å². The van der Waals surface area contributed by atoms with Crippen LogP contribution in [0.4, 0.5) is 5.69 Å². The number of aromatic nitrogens is 3. The SMILES string of the molecule is COC(=O)c1ccc(C(=O)Nc2ccc(-n3nc(C)cc3C)nc2)cc1. The highest BCUT2D eigenvalue weighted by Gasteiger charge is 2.10. The van der Waals surface area contributed by atoms with Crippen molar-refractivity contribution in [2.75, 3.05) is 12.4 Å². The number of esters is 1. The molecule has 26 heavy (non-hydrogen) atoms. The summed E-state index contributed by atoms with van der Waals surface area (Å²) < 4.78 is 6.38. The average Bonchev–Trinajstić information content (AvgIpc) is 3.00. The van der Waals surface area contributed by atoms with Crippen molar-refractivity contribution in [3.05, 3.63) is 71.2 Å². The Morgan fingerprint density at radius 2 is 1.73 bits per heavy atom. The van der Waals surface area contributed by atoms with Gasteiger partial charge in [0.1, 0.15) is 0 Å². The molecule has 7 nitrogen and oxygen atoms in total. The van der Waals surface area contributed by atoms with Gasteiger partial charge in [0.05, 0.1) is 30.3 Å². The van der Waals surface area contributed by atoms with Gasteiger partial charge in [-0.25, -0.2) is 14.5 Å². The highest BCUT2D eigenvalue weighted by atomic mass is 16.5. The summed E-state index contributed by atoms with van der Waals surface area (Å²) in [5.74, 6) is -0.0565. The summed E-state index contributed by atoms with van der Waals surface area (Å²) >= 11 is 0. The summed E-state index contributed by atoms with van der Waals surface area (Å²) in [5, 5.41) is 7.15. The Balaban J connectivity index is 1.71. The van der Waals surface area contributed by atoms with E-state index in [1.54, 1.807) is 47.3 Å². The number of aryl methyl sites for hydroxylation is 2. The van der Waals surface area contributed by atoms with Crippen molar-refractivity contribution >= 4 is 17.6 Å². The molecule has 0 fully saturated rings. The van der Waals surface area contributed by atoms with E-state index in [1.807, 2.05) is 19.9 Å². The van der Waals surface area contributed by atoms with Crippen LogP contribution >= 0.6 is 0 Å². The Labute approximate surface area is 150 Å². The number of anilines is 1. The number of carbonyl (C=O) groups excluding carboxylic acids is 2. The number of carbonyl (C=O) groups is 2. The van der Waals surface area contributed by atoms with Crippen LogP contribution < -0.4 is 5.32 Å². The summed E-state index contributed by atoms with van der Waals surface area (Å²) in [6.07, 6.45) is 1.58. The van der Waals surface area contributed by atoms with Gasteiger partial charge in [0.25, 0.3) is 5.91 Å². The predicted octanol–water partition coefficient (Wildman–Crippen LogP) is 2.92. The van der Waals surface area contributed by atoms with E-state index in [-0.39, 0.29) is 5.91 Å². The predicted molar refractivity (Wildman–Crippen MR) is 96.6 cm³/mol. The van der Waals surface area contributed by atoms with Crippen LogP contribution in [0.15, 0.2) is 48.7 Å². The lowest BCUT2D eigenvalue weighted by atomic mass is 10.1. The maximum Gasteiger partial charge on any atom is 0.337 e. The normalized spacial score (nSPS) is 10.4. The number of hydrogen-bond donors (Lipinski definition) is 1. The molecule has 1 N–H and O–H groups in total. The number of ether oxygens (including phenoxy) is 1. The summed E-state index contributed by atoms with van der Waals surface area (Å²) in [6.45, 7) is 3.87. The molecule has 0 atom stereocenters. The van der Waals surface area contributed by atoms with Gasteiger partial charge in [-0.1, -0.05) is 0 Å². The van der Waals surface area contributed by atoms with Crippen molar-refractivity contribution in [2.45, 2.75) is 13.8 Å². The third kappa shape index (κ3) is 3.61. The third-order valence-electron chi connectivity index (χ3n) is 3.80. The second-order valence-corrected chi connectivity index (χ2v) is 5.77. The molecule has 3 rings (SSSR count). The Morgan fingerprint density at radius 3 is 2.27 bits per heavy atom. The topological polar surface area (TPSA) is 86.1 Å². The van der Waals surface area contributed by atoms with E-state index in [0.717, 1.165) is 11.4 Å². The zero-order valence-electron chi connectivity index (χ0n) is 14.7. The van der Waals surface area contributed by atoms with E-state index in [9.17, 15) is 9.59 Å². The number of methoxy groups -OCH3 is 1. The summed E-state index contributed by atoms with van der Waals surface area (Å²) in [6, 6.07) is 11.7. The van der Waals surface area contributed by atoms with Gasteiger partial charge in [-0.3, -0.25) is 4.79 Å². The monoisotopic (exact) mass is 350 g/mol. The molecule has 0 aliphatic heterocycles. The summed E-state index contributed by atoms with van der Waals surface area (Å²) in [4.78, 5) is 28.1. The minimum atomic E-state index is -0.444. The van der Waals surface area contributed by atoms with Crippen molar-refractivity contribution in [1.29, 1.82) is 0 Å². The smallest absolute Gasteiger partial charge is 0.337 e. The molecule has 132 valence electrons. The van der Waals surface area contributed by atoms with Gasteiger partial charge in [0.15, 0.2) is 5.82 Å². The number of rotatable bonds is 4. The summed E-state index contributed by atoms with van der Waals surface area (Å²) in [7, 11) is 1.31. The average molecular weight is 350 g/mol. The van der Waals surface area contributed by atoms with Crippen molar-refractivity contribution < 1.29 is 14.3 Å². The summed E-state index contributed by atoms with van der Waals surface area (Å²) in [5.41, 5.74) is 3.28. The molecule has 0 unspecified atom stereocenters. The molecule has 0 radical (unpaired) electrons. The second-order valence-electron chi connectivity index (χ2n) is 5.77. The van der Waals surface area contributed by atoms with E-state index >= 15 is 0 Å². The van der Waals surface area contributed by atoms with Gasteiger partial charge >= 0.3 is 5.97 Å². The molecule has 2 heterocycles. The first-order valence-corrected chi connectivity index (χ1v) is 7.97. The Kier molecular flexibility index (Phi) is 4.79. The van der Waals surface area contributed by atoms with Gasteiger partial charge < -0.3 is 10.1 Å². The highest BCUT2D eigenvalue weighted by Crippen LogP contribution is 2.14. The van der Waals surface area contributed by atoms with Crippen LogP contribution in [0.3, 0.4) is 0 Å². The molecule has 0 bridgehead atoms. The molecular formula is C19H18N4O3. The molecule has 2 aromatic heterocycles. The first kappa shape index (κ1) is 17.3. The minimum Gasteiger partial charge on any atom is -0.465 e. The van der Waals surface area contributed by atoms with Gasteiger partial charge in [0, 0.05) is 11.3 Å². The first-order chi connectivity index (χ1) is 12.5. The van der Waals surface area contributed by atoms with Crippen LogP contribution in [-0.4, -0.2) is 33.8 Å². The third-order valence-corrected chi connectivity index (χ3v) is 3.80. The molecular weight excluding hydrogens is 332 g/mol. The van der Waals surface area contributed by atoms with Crippen LogP contribution in [0.5, 0.6) is 0 Å². The largest absolute Gasteiger partial charge is 0.465 e. The lowest BCUT2D eigenvalue weighted by molar-refractivity contribution is 0.0600. The standard InChI is InChI=1S/C19H18N4O3/c1-12-10-13(2)23(22-12)17-9-8-16(11-20-17)21-18(24)14-4-6-15(7-5-14)19(25)26-3/h4-11H,1-3H3,(H,21,24). The molecule has 0 aliphatic rings. The number of nitrogens with zero attached hydrogens (tertiary/aromatic N) is 3. The lowest BCUT2D eigenvalue weighted by Gasteiger charge is -2.07. The first-order valence-electron chi connectivity index (χ1n) is 7.97. The highest BCUT2D eigenvalue weighted by molar-refractivity contribution is 6.04. The molecule has 3 aromatic rings. The molecule has 0 saturated carbocycles. The van der Waals surface area contributed by atoms with Gasteiger partial charge in [-0.05, 0) is 56.3 Å². The van der Waals surface area contributed by atoms with Crippen LogP contribution in [-0.2, 0) is 4.74 Å².